The summed E-state index contributed by atoms with van der Waals surface area (Å²) in [7, 11) is 3.82. The van der Waals surface area contributed by atoms with Gasteiger partial charge in [0.1, 0.15) is 11.5 Å². The number of aryl methyl sites for hydroxylation is 1. The lowest BCUT2D eigenvalue weighted by molar-refractivity contribution is 0.282. The maximum atomic E-state index is 13.6. The topological polar surface area (TPSA) is 109 Å². The lowest BCUT2D eigenvalue weighted by Crippen LogP contribution is -2.44. The number of nitrogens with one attached hydrogen (secondary N) is 1. The van der Waals surface area contributed by atoms with Gasteiger partial charge in [-0.15, -0.1) is 0 Å². The van der Waals surface area contributed by atoms with Gasteiger partial charge in [-0.3, -0.25) is 19.1 Å². The van der Waals surface area contributed by atoms with E-state index in [1.165, 1.54) is 4.57 Å². The molecule has 5 aromatic rings. The maximum Gasteiger partial charge on any atom is 0.274 e. The van der Waals surface area contributed by atoms with E-state index in [0.29, 0.717) is 34.1 Å². The number of likely N-dealkylation sites (N-methyl/N-ethyl adjacent to an activating group) is 1. The quantitative estimate of drug-likeness (QED) is 0.293. The Hall–Kier alpha value is -4.80. The molecular formula is C34H35N7O3. The van der Waals surface area contributed by atoms with E-state index in [1.54, 1.807) is 36.3 Å². The Bertz CT molecular complexity index is 1970. The normalized spacial score (nSPS) is 15.6. The number of hydrogen-bond acceptors (Lipinski definition) is 8. The van der Waals surface area contributed by atoms with E-state index >= 15 is 0 Å². The molecule has 0 spiro atoms. The third kappa shape index (κ3) is 5.27. The molecule has 1 aliphatic heterocycles. The van der Waals surface area contributed by atoms with Crippen molar-refractivity contribution >= 4 is 28.0 Å². The molecule has 2 N–H and O–H groups in total. The zero-order valence-corrected chi connectivity index (χ0v) is 24.9. The van der Waals surface area contributed by atoms with Gasteiger partial charge in [-0.05, 0) is 67.2 Å². The van der Waals surface area contributed by atoms with Gasteiger partial charge in [-0.2, -0.15) is 0 Å². The van der Waals surface area contributed by atoms with Crippen LogP contribution in [0.2, 0.25) is 0 Å². The van der Waals surface area contributed by atoms with E-state index in [9.17, 15) is 14.7 Å². The zero-order chi connectivity index (χ0) is 30.4. The first-order valence-corrected chi connectivity index (χ1v) is 15.0. The number of piperazine rings is 1. The molecule has 7 rings (SSSR count). The molecule has 2 aliphatic rings. The van der Waals surface area contributed by atoms with Crippen LogP contribution in [0.1, 0.15) is 30.0 Å². The van der Waals surface area contributed by atoms with E-state index < -0.39 is 0 Å². The molecular weight excluding hydrogens is 554 g/mol. The van der Waals surface area contributed by atoms with E-state index in [1.807, 2.05) is 48.7 Å². The number of pyridine rings is 4. The summed E-state index contributed by atoms with van der Waals surface area (Å²) >= 11 is 0. The van der Waals surface area contributed by atoms with Gasteiger partial charge in [0.05, 0.1) is 29.6 Å². The molecule has 0 atom stereocenters. The van der Waals surface area contributed by atoms with Gasteiger partial charge in [0, 0.05) is 74.6 Å². The SMILES string of the molecule is CN1CCN(c2ccc(Nc3cc(-c4cccc(-n5ccc6cc(C7CC7)ncc6c5=O)c4CO)cn(C)c3=O)nc2)CC1. The van der Waals surface area contributed by atoms with Crippen LogP contribution >= 0.6 is 0 Å². The number of rotatable bonds is 7. The minimum atomic E-state index is -0.296. The fourth-order valence-corrected chi connectivity index (χ4v) is 5.98. The summed E-state index contributed by atoms with van der Waals surface area (Å²) in [4.78, 5) is 40.5. The number of nitrogens with zero attached hydrogens (tertiary/aromatic N) is 6. The Balaban J connectivity index is 1.22. The minimum Gasteiger partial charge on any atom is -0.392 e. The van der Waals surface area contributed by atoms with Crippen LogP contribution < -0.4 is 21.3 Å². The van der Waals surface area contributed by atoms with Gasteiger partial charge in [-0.25, -0.2) is 4.98 Å². The lowest BCUT2D eigenvalue weighted by Gasteiger charge is -2.33. The number of aliphatic hydroxyl groups is 1. The Kier molecular flexibility index (Phi) is 7.23. The van der Waals surface area contributed by atoms with Crippen molar-refractivity contribution in [3.05, 3.63) is 105 Å². The Labute approximate surface area is 254 Å². The first-order valence-electron chi connectivity index (χ1n) is 15.0. The van der Waals surface area contributed by atoms with Crippen LogP contribution in [0.4, 0.5) is 17.2 Å². The zero-order valence-electron chi connectivity index (χ0n) is 24.9. The number of benzene rings is 1. The van der Waals surface area contributed by atoms with Gasteiger partial charge in [0.25, 0.3) is 11.1 Å². The highest BCUT2D eigenvalue weighted by Gasteiger charge is 2.25. The fraction of sp³-hybridized carbons (Fsp3) is 0.294. The summed E-state index contributed by atoms with van der Waals surface area (Å²) in [5.74, 6) is 1.06. The first-order chi connectivity index (χ1) is 21.4. The second kappa shape index (κ2) is 11.4. The highest BCUT2D eigenvalue weighted by atomic mass is 16.3. The number of hydrogen-bond donors (Lipinski definition) is 2. The summed E-state index contributed by atoms with van der Waals surface area (Å²) in [5.41, 5.74) is 4.64. The van der Waals surface area contributed by atoms with E-state index in [-0.39, 0.29) is 17.7 Å². The van der Waals surface area contributed by atoms with Crippen molar-refractivity contribution in [2.45, 2.75) is 25.4 Å². The van der Waals surface area contributed by atoms with Crippen molar-refractivity contribution in [3.63, 3.8) is 0 Å². The van der Waals surface area contributed by atoms with Crippen molar-refractivity contribution in [1.82, 2.24) is 24.0 Å². The monoisotopic (exact) mass is 589 g/mol. The number of fused-ring (bicyclic) bond motifs is 1. The van der Waals surface area contributed by atoms with Gasteiger partial charge < -0.3 is 24.8 Å². The lowest BCUT2D eigenvalue weighted by atomic mass is 9.99. The van der Waals surface area contributed by atoms with Crippen LogP contribution in [-0.4, -0.2) is 62.3 Å². The highest BCUT2D eigenvalue weighted by Crippen LogP contribution is 2.39. The molecule has 4 aromatic heterocycles. The second-order valence-corrected chi connectivity index (χ2v) is 11.8. The standard InChI is InChI=1S/C34H35N7O3/c1-38-12-14-40(15-13-38)25-8-9-32(36-18-25)37-30-17-24(20-39(2)34(30)44)26-4-3-5-31(28(26)21-42)41-11-10-23-16-29(22-6-7-22)35-19-27(23)33(41)43/h3-5,8-11,16-20,22,42H,6-7,12-15,21H2,1-2H3,(H,36,37). The Morgan fingerprint density at radius 2 is 1.75 bits per heavy atom. The van der Waals surface area contributed by atoms with Crippen molar-refractivity contribution in [2.75, 3.05) is 43.4 Å². The van der Waals surface area contributed by atoms with E-state index in [0.717, 1.165) is 66.9 Å². The van der Waals surface area contributed by atoms with Crippen LogP contribution in [0.15, 0.2) is 82.9 Å². The summed E-state index contributed by atoms with van der Waals surface area (Å²) in [6, 6.07) is 15.2. The van der Waals surface area contributed by atoms with Crippen molar-refractivity contribution in [3.8, 4) is 16.8 Å². The predicted molar refractivity (Wildman–Crippen MR) is 173 cm³/mol. The molecule has 1 aliphatic carbocycles. The number of anilines is 3. The van der Waals surface area contributed by atoms with Crippen molar-refractivity contribution in [2.24, 2.45) is 7.05 Å². The molecule has 2 fully saturated rings. The molecule has 5 heterocycles. The fourth-order valence-electron chi connectivity index (χ4n) is 5.98. The molecule has 0 unspecified atom stereocenters. The smallest absolute Gasteiger partial charge is 0.274 e. The molecule has 10 heteroatoms. The van der Waals surface area contributed by atoms with Gasteiger partial charge in [0.2, 0.25) is 0 Å². The van der Waals surface area contributed by atoms with Gasteiger partial charge >= 0.3 is 0 Å². The van der Waals surface area contributed by atoms with Gasteiger partial charge in [0.15, 0.2) is 0 Å². The van der Waals surface area contributed by atoms with Crippen LogP contribution in [0.25, 0.3) is 27.6 Å². The van der Waals surface area contributed by atoms with E-state index in [2.05, 4.69) is 32.1 Å². The number of aliphatic hydroxyl groups excluding tert-OH is 1. The molecule has 1 aromatic carbocycles. The molecule has 1 saturated carbocycles. The van der Waals surface area contributed by atoms with Crippen LogP contribution in [0, 0.1) is 0 Å². The maximum absolute atomic E-state index is 13.6. The molecule has 44 heavy (non-hydrogen) atoms. The highest BCUT2D eigenvalue weighted by molar-refractivity contribution is 5.82. The van der Waals surface area contributed by atoms with Crippen molar-refractivity contribution < 1.29 is 5.11 Å². The first kappa shape index (κ1) is 28.0. The third-order valence-corrected chi connectivity index (χ3v) is 8.75. The average molecular weight is 590 g/mol. The average Bonchev–Trinajstić information content (AvgIpc) is 3.90. The van der Waals surface area contributed by atoms with Gasteiger partial charge in [-0.1, -0.05) is 12.1 Å². The molecule has 0 amide bonds. The molecule has 1 saturated heterocycles. The third-order valence-electron chi connectivity index (χ3n) is 8.75. The summed E-state index contributed by atoms with van der Waals surface area (Å²) < 4.78 is 3.07. The predicted octanol–water partition coefficient (Wildman–Crippen LogP) is 4.01. The van der Waals surface area contributed by atoms with Crippen LogP contribution in [-0.2, 0) is 13.7 Å². The second-order valence-electron chi connectivity index (χ2n) is 11.8. The summed E-state index contributed by atoms with van der Waals surface area (Å²) in [5, 5.41) is 15.2. The largest absolute Gasteiger partial charge is 0.392 e. The minimum absolute atomic E-state index is 0.196. The number of aromatic nitrogens is 4. The van der Waals surface area contributed by atoms with Crippen LogP contribution in [0.3, 0.4) is 0 Å². The molecule has 10 nitrogen and oxygen atoms in total. The Morgan fingerprint density at radius 3 is 2.48 bits per heavy atom. The molecule has 0 bridgehead atoms. The summed E-state index contributed by atoms with van der Waals surface area (Å²) in [6.45, 7) is 3.62. The van der Waals surface area contributed by atoms with Crippen molar-refractivity contribution in [1.29, 1.82) is 0 Å². The van der Waals surface area contributed by atoms with E-state index in [4.69, 9.17) is 0 Å². The molecule has 224 valence electrons. The van der Waals surface area contributed by atoms with Crippen LogP contribution in [0.5, 0.6) is 0 Å². The summed E-state index contributed by atoms with van der Waals surface area (Å²) in [6.07, 6.45) is 9.28. The Morgan fingerprint density at radius 1 is 0.932 bits per heavy atom. The molecule has 0 radical (unpaired) electrons.